The van der Waals surface area contributed by atoms with Gasteiger partial charge in [-0.15, -0.1) is 5.10 Å². The van der Waals surface area contributed by atoms with Crippen LogP contribution in [0.15, 0.2) is 22.9 Å². The van der Waals surface area contributed by atoms with Crippen LogP contribution >= 0.6 is 15.9 Å². The molecule has 3 rings (SSSR count). The fraction of sp³-hybridized carbons (Fsp3) is 0.600. The summed E-state index contributed by atoms with van der Waals surface area (Å²) in [6.07, 6.45) is 3.46. The zero-order valence-corrected chi connectivity index (χ0v) is 14.4. The molecule has 0 spiro atoms. The number of piperidine rings is 1. The molecule has 0 bridgehead atoms. The fourth-order valence-corrected chi connectivity index (χ4v) is 3.32. The summed E-state index contributed by atoms with van der Waals surface area (Å²) in [6.45, 7) is 6.67. The molecule has 1 saturated heterocycles. The van der Waals surface area contributed by atoms with Crippen LogP contribution in [0.3, 0.4) is 0 Å². The van der Waals surface area contributed by atoms with E-state index in [0.717, 1.165) is 29.5 Å². The average molecular weight is 370 g/mol. The van der Waals surface area contributed by atoms with Crippen molar-refractivity contribution in [2.24, 2.45) is 5.92 Å². The molecule has 2 aromatic heterocycles. The largest absolute Gasteiger partial charge is 0.347 e. The highest BCUT2D eigenvalue weighted by Crippen LogP contribution is 2.20. The second-order valence-electron chi connectivity index (χ2n) is 6.28. The number of likely N-dealkylation sites (tertiary alicyclic amines) is 1. The van der Waals surface area contributed by atoms with E-state index in [2.05, 4.69) is 50.1 Å². The molecule has 1 fully saturated rings. The Morgan fingerprint density at radius 1 is 1.50 bits per heavy atom. The van der Waals surface area contributed by atoms with E-state index in [1.807, 2.05) is 12.3 Å². The van der Waals surface area contributed by atoms with Crippen molar-refractivity contribution < 1.29 is 4.39 Å². The molecule has 2 aromatic rings. The Balaban J connectivity index is 1.65. The van der Waals surface area contributed by atoms with E-state index in [1.165, 1.54) is 0 Å². The quantitative estimate of drug-likeness (QED) is 0.899. The third kappa shape index (κ3) is 3.41. The third-order valence-corrected chi connectivity index (χ3v) is 4.60. The Morgan fingerprint density at radius 3 is 3.05 bits per heavy atom. The van der Waals surface area contributed by atoms with Crippen LogP contribution in [0.1, 0.15) is 20.3 Å². The van der Waals surface area contributed by atoms with Crippen molar-refractivity contribution in [3.8, 4) is 0 Å². The van der Waals surface area contributed by atoms with Crippen molar-refractivity contribution >= 4 is 27.4 Å². The van der Waals surface area contributed by atoms with Crippen molar-refractivity contribution in [3.63, 3.8) is 0 Å². The Labute approximate surface area is 138 Å². The van der Waals surface area contributed by atoms with Crippen LogP contribution in [0.4, 0.5) is 10.3 Å². The highest BCUT2D eigenvalue weighted by atomic mass is 79.9. The molecule has 2 atom stereocenters. The second-order valence-corrected chi connectivity index (χ2v) is 7.14. The van der Waals surface area contributed by atoms with Gasteiger partial charge in [-0.2, -0.15) is 0 Å². The zero-order chi connectivity index (χ0) is 15.7. The number of hydrogen-bond acceptors (Lipinski definition) is 4. The molecule has 0 unspecified atom stereocenters. The van der Waals surface area contributed by atoms with Gasteiger partial charge in [0.05, 0.1) is 17.8 Å². The molecule has 0 amide bonds. The predicted octanol–water partition coefficient (Wildman–Crippen LogP) is 2.97. The number of alkyl halides is 1. The van der Waals surface area contributed by atoms with Crippen molar-refractivity contribution in [1.82, 2.24) is 19.5 Å². The van der Waals surface area contributed by atoms with Crippen LogP contribution in [0.2, 0.25) is 0 Å². The number of aromatic nitrogens is 3. The fourth-order valence-electron chi connectivity index (χ4n) is 2.91. The molecule has 0 radical (unpaired) electrons. The second kappa shape index (κ2) is 6.50. The number of nitrogens with one attached hydrogen (secondary N) is 1. The maximum Gasteiger partial charge on any atom is 0.241 e. The minimum absolute atomic E-state index is 0.222. The lowest BCUT2D eigenvalue weighted by Gasteiger charge is -2.35. The molecule has 1 aliphatic heterocycles. The van der Waals surface area contributed by atoms with Crippen molar-refractivity contribution in [2.75, 3.05) is 25.0 Å². The molecule has 1 aliphatic rings. The molecular weight excluding hydrogens is 349 g/mol. The van der Waals surface area contributed by atoms with Crippen LogP contribution < -0.4 is 5.32 Å². The van der Waals surface area contributed by atoms with Crippen LogP contribution in [0.5, 0.6) is 0 Å². The van der Waals surface area contributed by atoms with Crippen molar-refractivity contribution in [1.29, 1.82) is 0 Å². The highest BCUT2D eigenvalue weighted by Gasteiger charge is 2.29. The van der Waals surface area contributed by atoms with Crippen LogP contribution in [0.25, 0.3) is 5.52 Å². The lowest BCUT2D eigenvalue weighted by atomic mass is 10.0. The summed E-state index contributed by atoms with van der Waals surface area (Å²) in [6, 6.07) is 1.69. The monoisotopic (exact) mass is 369 g/mol. The third-order valence-electron chi connectivity index (χ3n) is 3.93. The number of fused-ring (bicyclic) bond motifs is 1. The van der Waals surface area contributed by atoms with E-state index >= 15 is 0 Å². The SMILES string of the molecule is CC(C)CN1CC[C@H](Nc2ncc3c(Br)ccn3n2)[C@H](F)C1. The van der Waals surface area contributed by atoms with Crippen molar-refractivity contribution in [2.45, 2.75) is 32.5 Å². The van der Waals surface area contributed by atoms with E-state index in [-0.39, 0.29) is 6.04 Å². The Morgan fingerprint density at radius 2 is 2.32 bits per heavy atom. The predicted molar refractivity (Wildman–Crippen MR) is 88.9 cm³/mol. The van der Waals surface area contributed by atoms with E-state index in [4.69, 9.17) is 0 Å². The van der Waals surface area contributed by atoms with Gasteiger partial charge < -0.3 is 10.2 Å². The maximum atomic E-state index is 14.4. The number of nitrogens with zero attached hydrogens (tertiary/aromatic N) is 4. The average Bonchev–Trinajstić information content (AvgIpc) is 2.82. The van der Waals surface area contributed by atoms with Gasteiger partial charge in [0.25, 0.3) is 0 Å². The number of anilines is 1. The van der Waals surface area contributed by atoms with Crippen molar-refractivity contribution in [3.05, 3.63) is 22.9 Å². The first-order valence-electron chi connectivity index (χ1n) is 7.66. The Hall–Kier alpha value is -1.21. The van der Waals surface area contributed by atoms with Gasteiger partial charge in [0, 0.05) is 30.3 Å². The highest BCUT2D eigenvalue weighted by molar-refractivity contribution is 9.10. The van der Waals surface area contributed by atoms with Gasteiger partial charge >= 0.3 is 0 Å². The van der Waals surface area contributed by atoms with Gasteiger partial charge in [0.2, 0.25) is 5.95 Å². The van der Waals surface area contributed by atoms with Crippen LogP contribution in [-0.2, 0) is 0 Å². The topological polar surface area (TPSA) is 45.5 Å². The van der Waals surface area contributed by atoms with Gasteiger partial charge in [0.15, 0.2) is 0 Å². The normalized spacial score (nSPS) is 23.3. The van der Waals surface area contributed by atoms with Crippen LogP contribution in [-0.4, -0.2) is 51.3 Å². The summed E-state index contributed by atoms with van der Waals surface area (Å²) in [5.41, 5.74) is 0.897. The molecule has 1 N–H and O–H groups in total. The summed E-state index contributed by atoms with van der Waals surface area (Å²) >= 11 is 3.44. The summed E-state index contributed by atoms with van der Waals surface area (Å²) in [5, 5.41) is 7.52. The molecular formula is C15H21BrFN5. The van der Waals surface area contributed by atoms with Crippen LogP contribution in [0, 0.1) is 5.92 Å². The van der Waals surface area contributed by atoms with E-state index in [0.29, 0.717) is 18.4 Å². The van der Waals surface area contributed by atoms with E-state index in [1.54, 1.807) is 10.7 Å². The van der Waals surface area contributed by atoms with E-state index < -0.39 is 6.17 Å². The van der Waals surface area contributed by atoms with Gasteiger partial charge in [0.1, 0.15) is 6.17 Å². The molecule has 0 aromatic carbocycles. The molecule has 0 aliphatic carbocycles. The molecule has 120 valence electrons. The van der Waals surface area contributed by atoms with Gasteiger partial charge in [-0.3, -0.25) is 0 Å². The summed E-state index contributed by atoms with van der Waals surface area (Å²) < 4.78 is 17.1. The minimum atomic E-state index is -0.900. The number of hydrogen-bond donors (Lipinski definition) is 1. The summed E-state index contributed by atoms with van der Waals surface area (Å²) in [5.74, 6) is 1.04. The van der Waals surface area contributed by atoms with E-state index in [9.17, 15) is 4.39 Å². The first-order chi connectivity index (χ1) is 10.5. The lowest BCUT2D eigenvalue weighted by molar-refractivity contribution is 0.116. The Kier molecular flexibility index (Phi) is 4.63. The summed E-state index contributed by atoms with van der Waals surface area (Å²) in [7, 11) is 0. The molecule has 22 heavy (non-hydrogen) atoms. The zero-order valence-electron chi connectivity index (χ0n) is 12.8. The molecule has 5 nitrogen and oxygen atoms in total. The van der Waals surface area contributed by atoms with Gasteiger partial charge in [-0.05, 0) is 34.3 Å². The minimum Gasteiger partial charge on any atom is -0.347 e. The first kappa shape index (κ1) is 15.7. The van der Waals surface area contributed by atoms with Gasteiger partial charge in [-0.25, -0.2) is 13.9 Å². The molecule has 0 saturated carbocycles. The van der Waals surface area contributed by atoms with Gasteiger partial charge in [-0.1, -0.05) is 13.8 Å². The summed E-state index contributed by atoms with van der Waals surface area (Å²) in [4.78, 5) is 6.48. The molecule has 3 heterocycles. The molecule has 7 heteroatoms. The number of rotatable bonds is 4. The standard InChI is InChI=1S/C15H21BrFN5/c1-10(2)8-21-5-4-13(12(17)9-21)19-15-18-7-14-11(16)3-6-22(14)20-15/h3,6-7,10,12-13H,4-5,8-9H2,1-2H3,(H,19,20)/t12-,13+/m1/s1. The maximum absolute atomic E-state index is 14.4. The Bertz CT molecular complexity index is 644. The lowest BCUT2D eigenvalue weighted by Crippen LogP contribution is -2.48. The first-order valence-corrected chi connectivity index (χ1v) is 8.45. The smallest absolute Gasteiger partial charge is 0.241 e. The number of halogens is 2.